The van der Waals surface area contributed by atoms with Gasteiger partial charge in [0.1, 0.15) is 0 Å². The van der Waals surface area contributed by atoms with Crippen molar-refractivity contribution in [3.05, 3.63) is 54.6 Å². The molecule has 0 aromatic heterocycles. The van der Waals surface area contributed by atoms with Gasteiger partial charge < -0.3 is 0 Å². The van der Waals surface area contributed by atoms with Crippen LogP contribution in [0, 0.1) is 0 Å². The van der Waals surface area contributed by atoms with Crippen LogP contribution in [0.3, 0.4) is 0 Å². The zero-order valence-electron chi connectivity index (χ0n) is 19.0. The number of ether oxygens (including phenoxy) is 6. The summed E-state index contributed by atoms with van der Waals surface area (Å²) in [7, 11) is 9.84. The van der Waals surface area contributed by atoms with Crippen LogP contribution < -0.4 is 44.3 Å². The molecule has 3 aromatic carbocycles. The van der Waals surface area contributed by atoms with Gasteiger partial charge in [0.2, 0.25) is 0 Å². The minimum atomic E-state index is -2.73. The molecule has 32 heavy (non-hydrogen) atoms. The van der Waals surface area contributed by atoms with Gasteiger partial charge in [-0.25, -0.2) is 0 Å². The van der Waals surface area contributed by atoms with E-state index in [4.69, 9.17) is 28.4 Å². The first-order valence-corrected chi connectivity index (χ1v) is 13.8. The second-order valence-corrected chi connectivity index (χ2v) is 12.7. The third-order valence-corrected chi connectivity index (χ3v) is 11.8. The van der Waals surface area contributed by atoms with Gasteiger partial charge in [0.15, 0.2) is 0 Å². The Morgan fingerprint density at radius 1 is 0.438 bits per heavy atom. The van der Waals surface area contributed by atoms with Gasteiger partial charge in [-0.1, -0.05) is 0 Å². The molecular weight excluding hydrogens is 494 g/mol. The summed E-state index contributed by atoms with van der Waals surface area (Å²) in [4.78, 5) is 0. The van der Waals surface area contributed by atoms with E-state index in [-0.39, 0.29) is 0 Å². The third-order valence-electron chi connectivity index (χ3n) is 5.15. The van der Waals surface area contributed by atoms with Crippen molar-refractivity contribution in [2.24, 2.45) is 0 Å². The van der Waals surface area contributed by atoms with Crippen LogP contribution in [0.4, 0.5) is 0 Å². The Morgan fingerprint density at radius 2 is 0.625 bits per heavy atom. The van der Waals surface area contributed by atoms with Crippen LogP contribution in [0.15, 0.2) is 54.6 Å². The maximum atomic E-state index is 5.84. The van der Waals surface area contributed by atoms with E-state index in [0.29, 0.717) is 34.5 Å². The van der Waals surface area contributed by atoms with E-state index < -0.39 is 5.51 Å². The van der Waals surface area contributed by atoms with Gasteiger partial charge >= 0.3 is 197 Å². The van der Waals surface area contributed by atoms with E-state index in [0.717, 1.165) is 15.9 Å². The molecule has 0 fully saturated rings. The van der Waals surface area contributed by atoms with Crippen LogP contribution in [-0.4, -0.2) is 57.8 Å². The van der Waals surface area contributed by atoms with Crippen molar-refractivity contribution < 1.29 is 28.4 Å². The summed E-state index contributed by atoms with van der Waals surface area (Å²) in [5.74, 6) is 3.99. The zero-order valence-corrected chi connectivity index (χ0v) is 21.6. The Kier molecular flexibility index (Phi) is 7.78. The Bertz CT molecular complexity index is 939. The first-order chi connectivity index (χ1) is 15.5. The van der Waals surface area contributed by atoms with Gasteiger partial charge in [0.05, 0.1) is 0 Å². The molecule has 0 amide bonds. The molecule has 0 aliphatic carbocycles. The van der Waals surface area contributed by atoms with Crippen molar-refractivity contribution in [2.75, 3.05) is 42.7 Å². The summed E-state index contributed by atoms with van der Waals surface area (Å²) in [6.45, 7) is 0. The Hall–Kier alpha value is -2.59. The number of benzene rings is 3. The minimum absolute atomic E-state index is 0.664. The van der Waals surface area contributed by atoms with Crippen LogP contribution in [0.2, 0.25) is 0 Å². The molecule has 0 spiro atoms. The fourth-order valence-corrected chi connectivity index (χ4v) is 10.7. The van der Waals surface area contributed by atoms with Gasteiger partial charge in [-0.05, 0) is 0 Å². The van der Waals surface area contributed by atoms with Crippen molar-refractivity contribution in [1.29, 1.82) is 0 Å². The molecule has 0 saturated heterocycles. The third kappa shape index (κ3) is 3.97. The summed E-state index contributed by atoms with van der Waals surface area (Å²) in [5, 5.41) is 2.53. The Balaban J connectivity index is 2.64. The van der Waals surface area contributed by atoms with Crippen molar-refractivity contribution in [2.45, 2.75) is 0 Å². The second-order valence-electron chi connectivity index (χ2n) is 6.64. The number of rotatable bonds is 9. The number of methoxy groups -OCH3 is 6. The first-order valence-electron chi connectivity index (χ1n) is 9.76. The molecule has 0 heterocycles. The molecule has 0 aliphatic rings. The van der Waals surface area contributed by atoms with E-state index >= 15 is 0 Å². The van der Waals surface area contributed by atoms with Crippen molar-refractivity contribution in [1.82, 2.24) is 0 Å². The van der Waals surface area contributed by atoms with Crippen LogP contribution in [-0.2, 0) is 0 Å². The van der Waals surface area contributed by atoms with Gasteiger partial charge in [-0.2, -0.15) is 0 Å². The van der Waals surface area contributed by atoms with Crippen molar-refractivity contribution in [3.8, 4) is 34.5 Å². The summed E-state index contributed by atoms with van der Waals surface area (Å²) in [6, 6.07) is 17.1. The summed E-state index contributed by atoms with van der Waals surface area (Å²) in [5.41, 5.74) is -2.73. The topological polar surface area (TPSA) is 55.4 Å². The van der Waals surface area contributed by atoms with Gasteiger partial charge in [-0.15, -0.1) is 0 Å². The standard InChI is InChI=1S/C24H27O6PSe/c1-25-16-10-7-11-17(26-2)22(16)31(32,23-18(27-3)12-8-13-19(23)28-4)24-20(29-5)14-9-15-21(24)30-6/h7-15H,1-6H3. The Morgan fingerprint density at radius 3 is 0.781 bits per heavy atom. The molecule has 0 saturated carbocycles. The van der Waals surface area contributed by atoms with E-state index in [2.05, 4.69) is 15.1 Å². The summed E-state index contributed by atoms with van der Waals surface area (Å²) < 4.78 is 35.0. The molecule has 0 bridgehead atoms. The van der Waals surface area contributed by atoms with Crippen LogP contribution in [0.5, 0.6) is 34.5 Å². The molecular formula is C24H27O6PSe. The Labute approximate surface area is 196 Å². The SMILES string of the molecule is COc1cccc(OC)c1P(=[Se])(c1c(OC)cccc1OC)c1c(OC)cccc1OC. The molecule has 3 rings (SSSR count). The van der Waals surface area contributed by atoms with Crippen LogP contribution >= 0.6 is 5.51 Å². The monoisotopic (exact) mass is 522 g/mol. The predicted octanol–water partition coefficient (Wildman–Crippen LogP) is 3.12. The number of hydrogen-bond donors (Lipinski definition) is 0. The fraction of sp³-hybridized carbons (Fsp3) is 0.250. The first kappa shape index (κ1) is 24.1. The molecule has 0 N–H and O–H groups in total. The zero-order chi connectivity index (χ0) is 23.3. The van der Waals surface area contributed by atoms with Crippen molar-refractivity contribution >= 4 is 36.5 Å². The second kappa shape index (κ2) is 10.4. The van der Waals surface area contributed by atoms with Gasteiger partial charge in [0, 0.05) is 0 Å². The summed E-state index contributed by atoms with van der Waals surface area (Å²) >= 11 is 3.52. The summed E-state index contributed by atoms with van der Waals surface area (Å²) in [6.07, 6.45) is 0. The van der Waals surface area contributed by atoms with Crippen LogP contribution in [0.25, 0.3) is 0 Å². The molecule has 170 valence electrons. The maximum absolute atomic E-state index is 5.84. The molecule has 0 atom stereocenters. The van der Waals surface area contributed by atoms with E-state index in [1.165, 1.54) is 0 Å². The number of hydrogen-bond acceptors (Lipinski definition) is 6. The quantitative estimate of drug-likeness (QED) is 0.319. The van der Waals surface area contributed by atoms with E-state index in [1.54, 1.807) is 42.7 Å². The average molecular weight is 521 g/mol. The average Bonchev–Trinajstić information content (AvgIpc) is 2.86. The molecule has 0 aliphatic heterocycles. The van der Waals surface area contributed by atoms with E-state index in [1.807, 2.05) is 54.6 Å². The van der Waals surface area contributed by atoms with E-state index in [9.17, 15) is 0 Å². The molecule has 8 heteroatoms. The molecule has 0 radical (unpaired) electrons. The van der Waals surface area contributed by atoms with Crippen molar-refractivity contribution in [3.63, 3.8) is 0 Å². The molecule has 3 aromatic rings. The molecule has 0 unspecified atom stereocenters. The predicted molar refractivity (Wildman–Crippen MR) is 130 cm³/mol. The van der Waals surface area contributed by atoms with Gasteiger partial charge in [-0.3, -0.25) is 0 Å². The van der Waals surface area contributed by atoms with Crippen LogP contribution in [0.1, 0.15) is 0 Å². The normalized spacial score (nSPS) is 10.9. The molecule has 6 nitrogen and oxygen atoms in total. The fourth-order valence-electron chi connectivity index (χ4n) is 3.76. The van der Waals surface area contributed by atoms with Gasteiger partial charge in [0.25, 0.3) is 0 Å².